The summed E-state index contributed by atoms with van der Waals surface area (Å²) in [5.74, 6) is 0.170. The summed E-state index contributed by atoms with van der Waals surface area (Å²) in [5.41, 5.74) is 11.0. The van der Waals surface area contributed by atoms with Crippen molar-refractivity contribution < 1.29 is 9.13 Å². The minimum atomic E-state index is -0.231. The number of anilines is 1. The first kappa shape index (κ1) is 18.9. The van der Waals surface area contributed by atoms with Crippen LogP contribution in [0.15, 0.2) is 47.5 Å². The van der Waals surface area contributed by atoms with Crippen LogP contribution in [0.4, 0.5) is 10.1 Å². The molecule has 0 spiro atoms. The maximum absolute atomic E-state index is 13.4. The number of hydrogen-bond acceptors (Lipinski definition) is 3. The first-order valence-electron chi connectivity index (χ1n) is 9.95. The van der Waals surface area contributed by atoms with E-state index in [1.165, 1.54) is 29.7 Å². The van der Waals surface area contributed by atoms with Gasteiger partial charge in [0.2, 0.25) is 0 Å². The third-order valence-electron chi connectivity index (χ3n) is 5.55. The molecule has 1 fully saturated rings. The van der Waals surface area contributed by atoms with E-state index in [0.717, 1.165) is 37.2 Å². The maximum Gasteiger partial charge on any atom is 0.193 e. The Balaban J connectivity index is 1.46. The molecule has 4 rings (SSSR count). The van der Waals surface area contributed by atoms with Crippen molar-refractivity contribution in [2.75, 3.05) is 38.2 Å². The number of halogens is 1. The van der Waals surface area contributed by atoms with Gasteiger partial charge in [0.25, 0.3) is 0 Å². The van der Waals surface area contributed by atoms with Crippen LogP contribution in [-0.4, -0.2) is 43.7 Å². The van der Waals surface area contributed by atoms with Crippen molar-refractivity contribution in [3.05, 3.63) is 65.0 Å². The average molecular weight is 382 g/mol. The van der Waals surface area contributed by atoms with Crippen LogP contribution in [0.1, 0.15) is 29.2 Å². The number of aliphatic imine (C=N–C) groups is 1. The van der Waals surface area contributed by atoms with Gasteiger partial charge in [0, 0.05) is 18.8 Å². The third-order valence-corrected chi connectivity index (χ3v) is 5.55. The molecule has 0 saturated carbocycles. The Morgan fingerprint density at radius 1 is 1.11 bits per heavy atom. The molecule has 0 amide bonds. The van der Waals surface area contributed by atoms with E-state index in [2.05, 4.69) is 33.4 Å². The van der Waals surface area contributed by atoms with Crippen LogP contribution in [0, 0.1) is 5.82 Å². The number of fused-ring (bicyclic) bond motifs is 1. The van der Waals surface area contributed by atoms with Gasteiger partial charge in [-0.15, -0.1) is 0 Å². The molecule has 0 radical (unpaired) electrons. The summed E-state index contributed by atoms with van der Waals surface area (Å²) in [5, 5.41) is 3.22. The molecule has 1 saturated heterocycles. The van der Waals surface area contributed by atoms with E-state index in [4.69, 9.17) is 10.5 Å². The zero-order valence-electron chi connectivity index (χ0n) is 16.0. The average Bonchev–Trinajstić information content (AvgIpc) is 3.18. The van der Waals surface area contributed by atoms with Gasteiger partial charge in [-0.3, -0.25) is 9.89 Å². The van der Waals surface area contributed by atoms with Crippen LogP contribution >= 0.6 is 0 Å². The second kappa shape index (κ2) is 8.71. The van der Waals surface area contributed by atoms with E-state index >= 15 is 0 Å². The van der Waals surface area contributed by atoms with E-state index in [1.54, 1.807) is 0 Å². The number of aryl methyl sites for hydroxylation is 2. The molecule has 2 aliphatic rings. The molecular formula is C22H27FN4O. The summed E-state index contributed by atoms with van der Waals surface area (Å²) in [6.07, 6.45) is 3.52. The van der Waals surface area contributed by atoms with Gasteiger partial charge in [-0.25, -0.2) is 4.39 Å². The maximum atomic E-state index is 13.4. The predicted octanol–water partition coefficient (Wildman–Crippen LogP) is 3.11. The highest BCUT2D eigenvalue weighted by molar-refractivity contribution is 5.92. The van der Waals surface area contributed by atoms with Crippen LogP contribution in [0.25, 0.3) is 0 Å². The van der Waals surface area contributed by atoms with Crippen molar-refractivity contribution in [2.45, 2.75) is 25.3 Å². The predicted molar refractivity (Wildman–Crippen MR) is 110 cm³/mol. The minimum absolute atomic E-state index is 0.0462. The van der Waals surface area contributed by atoms with Crippen molar-refractivity contribution in [1.82, 2.24) is 4.90 Å². The number of morpholine rings is 1. The Kier molecular flexibility index (Phi) is 5.88. The highest BCUT2D eigenvalue weighted by Gasteiger charge is 2.22. The van der Waals surface area contributed by atoms with Crippen LogP contribution in [0.2, 0.25) is 0 Å². The Morgan fingerprint density at radius 2 is 1.86 bits per heavy atom. The number of nitrogens with two attached hydrogens (primary N) is 1. The molecule has 1 aliphatic heterocycles. The van der Waals surface area contributed by atoms with Gasteiger partial charge in [0.1, 0.15) is 5.82 Å². The Hall–Kier alpha value is -2.44. The number of ether oxygens (including phenoxy) is 1. The lowest BCUT2D eigenvalue weighted by atomic mass is 10.0. The fourth-order valence-electron chi connectivity index (χ4n) is 4.03. The van der Waals surface area contributed by atoms with Crippen LogP contribution in [0.3, 0.4) is 0 Å². The smallest absolute Gasteiger partial charge is 0.193 e. The standard InChI is InChI=1S/C22H27FN4O/c23-19-7-4-17(5-8-19)21(27-10-12-28-13-11-27)15-25-22(24)26-20-9-6-16-2-1-3-18(16)14-20/h4-9,14,21H,1-3,10-13,15H2,(H3,24,25,26). The summed E-state index contributed by atoms with van der Waals surface area (Å²) >= 11 is 0. The topological polar surface area (TPSA) is 62.9 Å². The second-order valence-corrected chi connectivity index (χ2v) is 7.40. The first-order chi connectivity index (χ1) is 13.7. The summed E-state index contributed by atoms with van der Waals surface area (Å²) in [6.45, 7) is 3.56. The lowest BCUT2D eigenvalue weighted by molar-refractivity contribution is 0.0180. The number of hydrogen-bond donors (Lipinski definition) is 2. The highest BCUT2D eigenvalue weighted by Crippen LogP contribution is 2.25. The summed E-state index contributed by atoms with van der Waals surface area (Å²) < 4.78 is 18.8. The zero-order chi connectivity index (χ0) is 19.3. The van der Waals surface area contributed by atoms with Crippen LogP contribution in [-0.2, 0) is 17.6 Å². The second-order valence-electron chi connectivity index (χ2n) is 7.40. The van der Waals surface area contributed by atoms with Crippen LogP contribution < -0.4 is 11.1 Å². The molecule has 5 nitrogen and oxygen atoms in total. The molecule has 3 N–H and O–H groups in total. The molecule has 1 aliphatic carbocycles. The quantitative estimate of drug-likeness (QED) is 0.616. The van der Waals surface area contributed by atoms with Gasteiger partial charge in [-0.1, -0.05) is 18.2 Å². The van der Waals surface area contributed by atoms with Gasteiger partial charge in [-0.2, -0.15) is 0 Å². The van der Waals surface area contributed by atoms with Crippen LogP contribution in [0.5, 0.6) is 0 Å². The third kappa shape index (κ3) is 4.51. The van der Waals surface area contributed by atoms with Gasteiger partial charge in [0.15, 0.2) is 5.96 Å². The van der Waals surface area contributed by atoms with E-state index in [1.807, 2.05) is 12.1 Å². The fourth-order valence-corrected chi connectivity index (χ4v) is 4.03. The molecule has 1 atom stereocenters. The Morgan fingerprint density at radius 3 is 2.64 bits per heavy atom. The van der Waals surface area contributed by atoms with E-state index in [9.17, 15) is 4.39 Å². The molecule has 6 heteroatoms. The lowest BCUT2D eigenvalue weighted by Gasteiger charge is -2.34. The van der Waals surface area contributed by atoms with Crippen molar-refractivity contribution in [2.24, 2.45) is 10.7 Å². The highest BCUT2D eigenvalue weighted by atomic mass is 19.1. The van der Waals surface area contributed by atoms with E-state index in [0.29, 0.717) is 25.7 Å². The monoisotopic (exact) mass is 382 g/mol. The molecule has 0 bridgehead atoms. The summed E-state index contributed by atoms with van der Waals surface area (Å²) in [6, 6.07) is 13.1. The van der Waals surface area contributed by atoms with Gasteiger partial charge >= 0.3 is 0 Å². The van der Waals surface area contributed by atoms with Crippen molar-refractivity contribution >= 4 is 11.6 Å². The fraction of sp³-hybridized carbons (Fsp3) is 0.409. The number of benzene rings is 2. The number of rotatable bonds is 5. The molecule has 2 aromatic carbocycles. The number of nitrogens with one attached hydrogen (secondary N) is 1. The first-order valence-corrected chi connectivity index (χ1v) is 9.95. The van der Waals surface area contributed by atoms with Gasteiger partial charge in [0.05, 0.1) is 25.8 Å². The Bertz CT molecular complexity index is 831. The van der Waals surface area contributed by atoms with Gasteiger partial charge in [-0.05, 0) is 60.2 Å². The molecule has 148 valence electrons. The van der Waals surface area contributed by atoms with E-state index < -0.39 is 0 Å². The number of guanidine groups is 1. The SMILES string of the molecule is NC(=NCC(c1ccc(F)cc1)N1CCOCC1)Nc1ccc2c(c1)CCC2. The van der Waals surface area contributed by atoms with Crippen molar-refractivity contribution in [3.8, 4) is 0 Å². The van der Waals surface area contributed by atoms with Gasteiger partial charge < -0.3 is 15.8 Å². The molecular weight excluding hydrogens is 355 g/mol. The normalized spacial score (nSPS) is 18.7. The molecule has 28 heavy (non-hydrogen) atoms. The van der Waals surface area contributed by atoms with Crippen molar-refractivity contribution in [3.63, 3.8) is 0 Å². The molecule has 0 aromatic heterocycles. The van der Waals surface area contributed by atoms with E-state index in [-0.39, 0.29) is 11.9 Å². The van der Waals surface area contributed by atoms with Crippen molar-refractivity contribution in [1.29, 1.82) is 0 Å². The number of nitrogens with zero attached hydrogens (tertiary/aromatic N) is 2. The summed E-state index contributed by atoms with van der Waals surface area (Å²) in [4.78, 5) is 6.92. The largest absolute Gasteiger partial charge is 0.379 e. The lowest BCUT2D eigenvalue weighted by Crippen LogP contribution is -2.40. The molecule has 1 heterocycles. The minimum Gasteiger partial charge on any atom is -0.379 e. The molecule has 2 aromatic rings. The molecule has 1 unspecified atom stereocenters. The summed E-state index contributed by atoms with van der Waals surface area (Å²) in [7, 11) is 0. The zero-order valence-corrected chi connectivity index (χ0v) is 16.0. The Labute approximate surface area is 165 Å².